The van der Waals surface area contributed by atoms with Crippen molar-refractivity contribution < 1.29 is 4.52 Å². The maximum absolute atomic E-state index is 5.34. The van der Waals surface area contributed by atoms with E-state index >= 15 is 0 Å². The summed E-state index contributed by atoms with van der Waals surface area (Å²) in [5.41, 5.74) is 2.73. The lowest BCUT2D eigenvalue weighted by Gasteiger charge is -2.04. The number of hydrogen-bond donors (Lipinski definition) is 0. The van der Waals surface area contributed by atoms with Crippen LogP contribution >= 0.6 is 11.3 Å². The second kappa shape index (κ2) is 4.84. The van der Waals surface area contributed by atoms with Crippen LogP contribution in [-0.2, 0) is 6.54 Å². The minimum absolute atomic E-state index is 0.179. The molecule has 4 aromatic rings. The fourth-order valence-electron chi connectivity index (χ4n) is 2.84. The van der Waals surface area contributed by atoms with Crippen molar-refractivity contribution in [3.8, 4) is 27.9 Å². The topological polar surface area (TPSA) is 87.5 Å². The molecule has 8 nitrogen and oxygen atoms in total. The van der Waals surface area contributed by atoms with Gasteiger partial charge in [-0.3, -0.25) is 4.57 Å². The first-order valence-electron chi connectivity index (χ1n) is 7.58. The minimum atomic E-state index is 0.179. The Balaban J connectivity index is 1.72. The van der Waals surface area contributed by atoms with Crippen molar-refractivity contribution in [1.29, 1.82) is 0 Å². The van der Waals surface area contributed by atoms with E-state index in [0.717, 1.165) is 22.1 Å². The maximum atomic E-state index is 5.34. The van der Waals surface area contributed by atoms with Gasteiger partial charge in [-0.2, -0.15) is 10.1 Å². The molecule has 0 saturated heterocycles. The van der Waals surface area contributed by atoms with Crippen molar-refractivity contribution in [2.75, 3.05) is 0 Å². The highest BCUT2D eigenvalue weighted by Gasteiger charge is 2.27. The van der Waals surface area contributed by atoms with Crippen molar-refractivity contribution in [2.24, 2.45) is 0 Å². The van der Waals surface area contributed by atoms with Gasteiger partial charge in [0.05, 0.1) is 22.8 Å². The number of hydrogen-bond acceptors (Lipinski definition) is 7. The molecule has 0 amide bonds. The molecule has 0 spiro atoms. The molecule has 0 aromatic carbocycles. The molecule has 1 aliphatic rings. The number of thiophene rings is 1. The van der Waals surface area contributed by atoms with E-state index in [9.17, 15) is 0 Å². The summed E-state index contributed by atoms with van der Waals surface area (Å²) < 4.78 is 9.27. The van der Waals surface area contributed by atoms with Gasteiger partial charge in [0.1, 0.15) is 18.3 Å². The molecule has 5 heterocycles. The number of nitrogens with zero attached hydrogens (tertiary/aromatic N) is 7. The maximum Gasteiger partial charge on any atom is 0.229 e. The average Bonchev–Trinajstić information content (AvgIpc) is 3.33. The van der Waals surface area contributed by atoms with Crippen molar-refractivity contribution in [2.45, 2.75) is 26.3 Å². The van der Waals surface area contributed by atoms with Crippen molar-refractivity contribution in [3.05, 3.63) is 35.7 Å². The highest BCUT2D eigenvalue weighted by atomic mass is 32.1. The number of fused-ring (bicyclic) bond motifs is 5. The molecule has 0 aliphatic carbocycles. The van der Waals surface area contributed by atoms with Gasteiger partial charge in [-0.25, -0.2) is 14.6 Å². The first-order chi connectivity index (χ1) is 11.7. The van der Waals surface area contributed by atoms with E-state index in [1.54, 1.807) is 24.0 Å². The largest absolute Gasteiger partial charge is 0.339 e. The van der Waals surface area contributed by atoms with Gasteiger partial charge in [-0.05, 0) is 11.4 Å². The first-order valence-corrected chi connectivity index (χ1v) is 8.46. The Labute approximate surface area is 140 Å². The van der Waals surface area contributed by atoms with Gasteiger partial charge < -0.3 is 4.52 Å². The average molecular weight is 339 g/mol. The number of rotatable bonds is 2. The summed E-state index contributed by atoms with van der Waals surface area (Å²) in [5.74, 6) is 2.16. The van der Waals surface area contributed by atoms with E-state index in [2.05, 4.69) is 35.8 Å². The van der Waals surface area contributed by atoms with Crippen LogP contribution in [0.25, 0.3) is 27.9 Å². The fraction of sp³-hybridized carbons (Fsp3) is 0.267. The number of aromatic nitrogens is 7. The van der Waals surface area contributed by atoms with Crippen LogP contribution in [0.15, 0.2) is 28.6 Å². The molecular weight excluding hydrogens is 326 g/mol. The van der Waals surface area contributed by atoms with Gasteiger partial charge in [-0.15, -0.1) is 11.3 Å². The normalized spacial score (nSPS) is 12.8. The molecule has 0 N–H and O–H groups in total. The molecule has 0 fully saturated rings. The molecule has 0 atom stereocenters. The third-order valence-electron chi connectivity index (χ3n) is 4.04. The van der Waals surface area contributed by atoms with E-state index in [0.29, 0.717) is 24.0 Å². The Morgan fingerprint density at radius 2 is 2.21 bits per heavy atom. The van der Waals surface area contributed by atoms with Crippen LogP contribution in [0.3, 0.4) is 0 Å². The summed E-state index contributed by atoms with van der Waals surface area (Å²) in [7, 11) is 0. The quantitative estimate of drug-likeness (QED) is 0.491. The lowest BCUT2D eigenvalue weighted by atomic mass is 10.2. The molecule has 0 radical (unpaired) electrons. The second-order valence-electron chi connectivity index (χ2n) is 5.90. The first kappa shape index (κ1) is 13.6. The zero-order chi connectivity index (χ0) is 16.3. The zero-order valence-electron chi connectivity index (χ0n) is 13.0. The summed E-state index contributed by atoms with van der Waals surface area (Å²) in [6.45, 7) is 4.59. The van der Waals surface area contributed by atoms with Crippen LogP contribution in [0.5, 0.6) is 0 Å². The van der Waals surface area contributed by atoms with Crippen LogP contribution < -0.4 is 0 Å². The van der Waals surface area contributed by atoms with Crippen molar-refractivity contribution in [3.63, 3.8) is 0 Å². The Hall–Kier alpha value is -2.81. The van der Waals surface area contributed by atoms with Crippen LogP contribution in [0.2, 0.25) is 0 Å². The van der Waals surface area contributed by atoms with Crippen LogP contribution in [0.4, 0.5) is 0 Å². The van der Waals surface area contributed by atoms with E-state index in [-0.39, 0.29) is 5.92 Å². The monoisotopic (exact) mass is 339 g/mol. The Morgan fingerprint density at radius 1 is 1.29 bits per heavy atom. The minimum Gasteiger partial charge on any atom is -0.339 e. The Morgan fingerprint density at radius 3 is 3.04 bits per heavy atom. The second-order valence-corrected chi connectivity index (χ2v) is 6.81. The van der Waals surface area contributed by atoms with Crippen LogP contribution in [0.1, 0.15) is 31.4 Å². The molecule has 0 saturated carbocycles. The molecule has 24 heavy (non-hydrogen) atoms. The third kappa shape index (κ3) is 1.81. The standard InChI is InChI=1S/C15H13N7OS/c1-8(2)15-19-13(20-23-15)11-10-5-22-14(16-6-18-22)12-9(3-4-24-12)21(10)7-17-11/h3-4,6-8H,5H2,1-2H3. The summed E-state index contributed by atoms with van der Waals surface area (Å²) in [6.07, 6.45) is 3.38. The Bertz CT molecular complexity index is 1040. The molecule has 4 aromatic heterocycles. The zero-order valence-corrected chi connectivity index (χ0v) is 13.9. The van der Waals surface area contributed by atoms with E-state index < -0.39 is 0 Å². The smallest absolute Gasteiger partial charge is 0.229 e. The Kier molecular flexibility index (Phi) is 2.75. The van der Waals surface area contributed by atoms with E-state index in [1.165, 1.54) is 0 Å². The summed E-state index contributed by atoms with van der Waals surface area (Å²) in [4.78, 5) is 14.5. The van der Waals surface area contributed by atoms with Crippen molar-refractivity contribution in [1.82, 2.24) is 34.5 Å². The molecule has 120 valence electrons. The summed E-state index contributed by atoms with van der Waals surface area (Å²) >= 11 is 1.64. The van der Waals surface area contributed by atoms with Crippen LogP contribution in [0, 0.1) is 0 Å². The molecule has 0 bridgehead atoms. The molecule has 0 unspecified atom stereocenters. The predicted molar refractivity (Wildman–Crippen MR) is 86.9 cm³/mol. The third-order valence-corrected chi connectivity index (χ3v) is 4.94. The highest BCUT2D eigenvalue weighted by Crippen LogP contribution is 2.36. The molecule has 5 rings (SSSR count). The molecule has 9 heteroatoms. The van der Waals surface area contributed by atoms with Gasteiger partial charge in [-0.1, -0.05) is 19.0 Å². The highest BCUT2D eigenvalue weighted by molar-refractivity contribution is 7.14. The SMILES string of the molecule is CC(C)c1nc(-c2ncn3c2Cn2ncnc2-c2sccc2-3)no1. The lowest BCUT2D eigenvalue weighted by Crippen LogP contribution is -2.06. The van der Waals surface area contributed by atoms with Gasteiger partial charge in [0.15, 0.2) is 5.82 Å². The van der Waals surface area contributed by atoms with Gasteiger partial charge >= 0.3 is 0 Å². The van der Waals surface area contributed by atoms with Gasteiger partial charge in [0.2, 0.25) is 11.7 Å². The van der Waals surface area contributed by atoms with Crippen LogP contribution in [-0.4, -0.2) is 34.5 Å². The van der Waals surface area contributed by atoms with Gasteiger partial charge in [0.25, 0.3) is 0 Å². The van der Waals surface area contributed by atoms with Crippen molar-refractivity contribution >= 4 is 11.3 Å². The fourth-order valence-corrected chi connectivity index (χ4v) is 3.73. The lowest BCUT2D eigenvalue weighted by molar-refractivity contribution is 0.365. The summed E-state index contributed by atoms with van der Waals surface area (Å²) in [5, 5.41) is 10.5. The summed E-state index contributed by atoms with van der Waals surface area (Å²) in [6, 6.07) is 2.06. The predicted octanol–water partition coefficient (Wildman–Crippen LogP) is 2.73. The molecule has 1 aliphatic heterocycles. The van der Waals surface area contributed by atoms with E-state index in [1.807, 2.05) is 23.9 Å². The van der Waals surface area contributed by atoms with Gasteiger partial charge in [0, 0.05) is 5.92 Å². The van der Waals surface area contributed by atoms with E-state index in [4.69, 9.17) is 4.52 Å². The number of imidazole rings is 1. The molecular formula is C15H13N7OS.